The third-order valence-corrected chi connectivity index (χ3v) is 4.97. The number of furan rings is 1. The molecule has 0 saturated carbocycles. The number of carboxylic acid groups (broad SMARTS) is 1. The first-order chi connectivity index (χ1) is 13.5. The number of anilines is 1. The van der Waals surface area contributed by atoms with E-state index in [0.29, 0.717) is 22.8 Å². The van der Waals surface area contributed by atoms with Gasteiger partial charge in [-0.3, -0.25) is 9.59 Å². The average Bonchev–Trinajstić information content (AvgIpc) is 3.27. The van der Waals surface area contributed by atoms with Crippen molar-refractivity contribution in [3.8, 4) is 11.3 Å². The minimum absolute atomic E-state index is 0.152. The van der Waals surface area contributed by atoms with Gasteiger partial charge in [-0.1, -0.05) is 30.3 Å². The Hall–Kier alpha value is -3.58. The summed E-state index contributed by atoms with van der Waals surface area (Å²) in [6.45, 7) is 0. The van der Waals surface area contributed by atoms with Crippen LogP contribution in [0.1, 0.15) is 16.1 Å². The van der Waals surface area contributed by atoms with Crippen LogP contribution in [0, 0.1) is 0 Å². The van der Waals surface area contributed by atoms with Crippen LogP contribution in [-0.4, -0.2) is 22.2 Å². The van der Waals surface area contributed by atoms with E-state index < -0.39 is 11.9 Å². The van der Waals surface area contributed by atoms with E-state index >= 15 is 0 Å². The number of nitrogens with zero attached hydrogens (tertiary/aromatic N) is 1. The van der Waals surface area contributed by atoms with Gasteiger partial charge in [-0.2, -0.15) is 0 Å². The van der Waals surface area contributed by atoms with Crippen molar-refractivity contribution in [3.63, 3.8) is 0 Å². The maximum absolute atomic E-state index is 12.6. The van der Waals surface area contributed by atoms with Crippen LogP contribution in [0.2, 0.25) is 0 Å². The van der Waals surface area contributed by atoms with Crippen molar-refractivity contribution in [1.82, 2.24) is 0 Å². The van der Waals surface area contributed by atoms with Crippen LogP contribution in [0.4, 0.5) is 10.5 Å². The van der Waals surface area contributed by atoms with Crippen LogP contribution in [0.5, 0.6) is 0 Å². The number of amides is 2. The van der Waals surface area contributed by atoms with Crippen molar-refractivity contribution < 1.29 is 23.9 Å². The van der Waals surface area contributed by atoms with E-state index in [1.165, 1.54) is 18.2 Å². The van der Waals surface area contributed by atoms with E-state index in [1.54, 1.807) is 48.5 Å². The summed E-state index contributed by atoms with van der Waals surface area (Å²) in [5.41, 5.74) is 1.27. The summed E-state index contributed by atoms with van der Waals surface area (Å²) >= 11 is 0.844. The van der Waals surface area contributed by atoms with E-state index in [2.05, 4.69) is 0 Å². The van der Waals surface area contributed by atoms with Crippen molar-refractivity contribution in [2.75, 3.05) is 4.90 Å². The Morgan fingerprint density at radius 2 is 1.79 bits per heavy atom. The summed E-state index contributed by atoms with van der Waals surface area (Å²) in [5, 5.41) is 8.74. The molecule has 0 aliphatic carbocycles. The second-order valence-corrected chi connectivity index (χ2v) is 6.93. The first kappa shape index (κ1) is 17.8. The number of para-hydroxylation sites is 1. The molecular weight excluding hydrogens is 378 g/mol. The van der Waals surface area contributed by atoms with Gasteiger partial charge in [-0.15, -0.1) is 0 Å². The number of imide groups is 1. The second-order valence-electron chi connectivity index (χ2n) is 5.94. The van der Waals surface area contributed by atoms with Crippen LogP contribution < -0.4 is 4.90 Å². The van der Waals surface area contributed by atoms with E-state index in [1.807, 2.05) is 6.07 Å². The largest absolute Gasteiger partial charge is 0.478 e. The molecule has 28 heavy (non-hydrogen) atoms. The fraction of sp³-hybridized carbons (Fsp3) is 0. The molecule has 0 bridgehead atoms. The number of aromatic carboxylic acids is 1. The van der Waals surface area contributed by atoms with Crippen LogP contribution in [0.15, 0.2) is 76.1 Å². The Labute approximate surface area is 164 Å². The van der Waals surface area contributed by atoms with Crippen LogP contribution in [0.3, 0.4) is 0 Å². The summed E-state index contributed by atoms with van der Waals surface area (Å²) in [5.74, 6) is -0.568. The molecule has 1 N–H and O–H groups in total. The molecule has 7 heteroatoms. The number of carboxylic acids is 1. The van der Waals surface area contributed by atoms with Gasteiger partial charge in [0.15, 0.2) is 0 Å². The van der Waals surface area contributed by atoms with Gasteiger partial charge in [0.1, 0.15) is 11.5 Å². The van der Waals surface area contributed by atoms with Crippen molar-refractivity contribution >= 4 is 40.6 Å². The maximum atomic E-state index is 12.6. The number of hydrogen-bond acceptors (Lipinski definition) is 5. The number of hydrogen-bond donors (Lipinski definition) is 1. The molecule has 2 amide bonds. The highest BCUT2D eigenvalue weighted by Crippen LogP contribution is 2.36. The number of benzene rings is 2. The Kier molecular flexibility index (Phi) is 4.58. The number of carbonyl (C=O) groups is 3. The molecule has 0 spiro atoms. The number of rotatable bonds is 4. The van der Waals surface area contributed by atoms with E-state index in [-0.39, 0.29) is 15.7 Å². The number of carbonyl (C=O) groups excluding carboxylic acids is 2. The summed E-state index contributed by atoms with van der Waals surface area (Å²) in [4.78, 5) is 37.4. The molecule has 0 atom stereocenters. The summed E-state index contributed by atoms with van der Waals surface area (Å²) in [6.07, 6.45) is 1.51. The lowest BCUT2D eigenvalue weighted by atomic mass is 10.1. The molecular formula is C21H13NO5S. The van der Waals surface area contributed by atoms with Gasteiger partial charge in [-0.05, 0) is 48.2 Å². The molecule has 138 valence electrons. The molecule has 1 aliphatic heterocycles. The molecule has 2 heterocycles. The topological polar surface area (TPSA) is 87.8 Å². The minimum Gasteiger partial charge on any atom is -0.478 e. The third-order valence-electron chi connectivity index (χ3n) is 4.10. The highest BCUT2D eigenvalue weighted by Gasteiger charge is 2.36. The molecule has 2 aromatic carbocycles. The standard InChI is InChI=1S/C21H13NO5S/c23-19-18(28-21(26)22(19)15-7-2-1-3-8-15)12-16-9-10-17(27-16)13-5-4-6-14(11-13)20(24)25/h1-12H,(H,24,25)/b18-12+. The first-order valence-corrected chi connectivity index (χ1v) is 9.11. The Morgan fingerprint density at radius 3 is 2.54 bits per heavy atom. The average molecular weight is 391 g/mol. The second kappa shape index (κ2) is 7.21. The van der Waals surface area contributed by atoms with E-state index in [4.69, 9.17) is 9.52 Å². The van der Waals surface area contributed by atoms with Gasteiger partial charge >= 0.3 is 5.97 Å². The molecule has 3 aromatic rings. The summed E-state index contributed by atoms with van der Waals surface area (Å²) in [6, 6.07) is 18.4. The third kappa shape index (κ3) is 3.35. The Morgan fingerprint density at radius 1 is 1.00 bits per heavy atom. The zero-order chi connectivity index (χ0) is 19.7. The zero-order valence-electron chi connectivity index (χ0n) is 14.4. The van der Waals surface area contributed by atoms with Gasteiger partial charge in [-0.25, -0.2) is 9.69 Å². The lowest BCUT2D eigenvalue weighted by Crippen LogP contribution is -2.27. The van der Waals surface area contributed by atoms with Crippen molar-refractivity contribution in [2.24, 2.45) is 0 Å². The molecule has 1 saturated heterocycles. The molecule has 4 rings (SSSR count). The predicted molar refractivity (Wildman–Crippen MR) is 106 cm³/mol. The normalized spacial score (nSPS) is 15.4. The minimum atomic E-state index is -1.02. The summed E-state index contributed by atoms with van der Waals surface area (Å²) < 4.78 is 5.73. The highest BCUT2D eigenvalue weighted by atomic mass is 32.2. The zero-order valence-corrected chi connectivity index (χ0v) is 15.2. The van der Waals surface area contributed by atoms with Crippen LogP contribution >= 0.6 is 11.8 Å². The van der Waals surface area contributed by atoms with E-state index in [9.17, 15) is 14.4 Å². The quantitative estimate of drug-likeness (QED) is 0.638. The SMILES string of the molecule is O=C(O)c1cccc(-c2ccc(/C=C3/SC(=O)N(c4ccccc4)C3=O)o2)c1. The van der Waals surface area contributed by atoms with Gasteiger partial charge in [0.25, 0.3) is 11.1 Å². The lowest BCUT2D eigenvalue weighted by molar-refractivity contribution is -0.113. The van der Waals surface area contributed by atoms with E-state index in [0.717, 1.165) is 16.7 Å². The van der Waals surface area contributed by atoms with Crippen molar-refractivity contribution in [3.05, 3.63) is 83.0 Å². The summed E-state index contributed by atoms with van der Waals surface area (Å²) in [7, 11) is 0. The van der Waals surface area contributed by atoms with Crippen molar-refractivity contribution in [2.45, 2.75) is 0 Å². The maximum Gasteiger partial charge on any atom is 0.335 e. The molecule has 1 aromatic heterocycles. The van der Waals surface area contributed by atoms with Gasteiger partial charge in [0, 0.05) is 11.6 Å². The van der Waals surface area contributed by atoms with Crippen molar-refractivity contribution in [1.29, 1.82) is 0 Å². The fourth-order valence-corrected chi connectivity index (χ4v) is 3.61. The lowest BCUT2D eigenvalue weighted by Gasteiger charge is -2.11. The molecule has 0 radical (unpaired) electrons. The first-order valence-electron chi connectivity index (χ1n) is 8.29. The molecule has 0 unspecified atom stereocenters. The van der Waals surface area contributed by atoms with Gasteiger partial charge < -0.3 is 9.52 Å². The molecule has 1 fully saturated rings. The molecule has 1 aliphatic rings. The van der Waals surface area contributed by atoms with Gasteiger partial charge in [0.2, 0.25) is 0 Å². The Balaban J connectivity index is 1.61. The number of thioether (sulfide) groups is 1. The van der Waals surface area contributed by atoms with Crippen LogP contribution in [0.25, 0.3) is 17.4 Å². The molecule has 6 nitrogen and oxygen atoms in total. The predicted octanol–water partition coefficient (Wildman–Crippen LogP) is 4.89. The van der Waals surface area contributed by atoms with Crippen LogP contribution in [-0.2, 0) is 4.79 Å². The smallest absolute Gasteiger partial charge is 0.335 e. The highest BCUT2D eigenvalue weighted by molar-refractivity contribution is 8.19. The van der Waals surface area contributed by atoms with Gasteiger partial charge in [0.05, 0.1) is 16.2 Å². The Bertz CT molecular complexity index is 1120. The fourth-order valence-electron chi connectivity index (χ4n) is 2.79. The monoisotopic (exact) mass is 391 g/mol.